The third-order valence-corrected chi connectivity index (χ3v) is 1.41. The molecule has 0 amide bonds. The largest absolute Gasteiger partial charge is 0.493 e. The molecule has 3 N–H and O–H groups in total. The second-order valence-electron chi connectivity index (χ2n) is 2.19. The molecule has 1 aromatic heterocycles. The smallest absolute Gasteiger partial charge is 0.482 e. The molecule has 0 aromatic carbocycles. The highest BCUT2D eigenvalue weighted by Gasteiger charge is 2.15. The summed E-state index contributed by atoms with van der Waals surface area (Å²) < 4.78 is 4.71. The van der Waals surface area contributed by atoms with E-state index in [1.54, 1.807) is 0 Å². The zero-order chi connectivity index (χ0) is 9.14. The van der Waals surface area contributed by atoms with Crippen LogP contribution in [0, 0.1) is 0 Å². The fourth-order valence-corrected chi connectivity index (χ4v) is 0.784. The van der Waals surface area contributed by atoms with Gasteiger partial charge in [0, 0.05) is 17.7 Å². The monoisotopic (exact) mass is 169 g/mol. The fourth-order valence-electron chi connectivity index (χ4n) is 0.784. The van der Waals surface area contributed by atoms with E-state index in [9.17, 15) is 4.79 Å². The second-order valence-corrected chi connectivity index (χ2v) is 2.19. The standard InChI is InChI=1S/C6H8BNO4/c1-12-6-2-5(9)4(3-8-6)7(10)11/h2-3,10-11H,1H3,(H,8,9). The Balaban J connectivity index is 3.12. The van der Waals surface area contributed by atoms with E-state index in [2.05, 4.69) is 4.98 Å². The third kappa shape index (κ3) is 1.66. The molecule has 1 aromatic rings. The predicted octanol–water partition coefficient (Wildman–Crippen LogP) is -1.94. The van der Waals surface area contributed by atoms with Crippen LogP contribution in [0.3, 0.4) is 0 Å². The molecule has 0 spiro atoms. The number of aromatic nitrogens is 1. The molecule has 0 aliphatic heterocycles. The Morgan fingerprint density at radius 1 is 1.58 bits per heavy atom. The Kier molecular flexibility index (Phi) is 2.52. The Morgan fingerprint density at radius 3 is 2.67 bits per heavy atom. The molecule has 1 rings (SSSR count). The summed E-state index contributed by atoms with van der Waals surface area (Å²) in [5.41, 5.74) is -0.573. The first-order valence-corrected chi connectivity index (χ1v) is 3.28. The normalized spacial score (nSPS) is 9.58. The van der Waals surface area contributed by atoms with Crippen molar-refractivity contribution in [3.05, 3.63) is 22.5 Å². The van der Waals surface area contributed by atoms with E-state index in [0.29, 0.717) is 0 Å². The summed E-state index contributed by atoms with van der Waals surface area (Å²) in [7, 11) is -0.347. The number of hydrogen-bond acceptors (Lipinski definition) is 4. The lowest BCUT2D eigenvalue weighted by Crippen LogP contribution is -2.41. The van der Waals surface area contributed by atoms with Crippen molar-refractivity contribution in [2.24, 2.45) is 0 Å². The summed E-state index contributed by atoms with van der Waals surface area (Å²) in [4.78, 5) is 13.6. The van der Waals surface area contributed by atoms with Crippen molar-refractivity contribution < 1.29 is 14.8 Å². The van der Waals surface area contributed by atoms with Crippen LogP contribution in [0.2, 0.25) is 0 Å². The Hall–Kier alpha value is -1.27. The first kappa shape index (κ1) is 8.83. The number of aromatic amines is 1. The molecule has 6 heteroatoms. The number of methoxy groups -OCH3 is 1. The van der Waals surface area contributed by atoms with Crippen LogP contribution >= 0.6 is 0 Å². The molecule has 1 heterocycles. The SMILES string of the molecule is COc1cc(=O)c(B(O)O)c[nH]1. The van der Waals surface area contributed by atoms with Gasteiger partial charge >= 0.3 is 7.12 Å². The van der Waals surface area contributed by atoms with Crippen molar-refractivity contribution in [1.82, 2.24) is 4.98 Å². The zero-order valence-corrected chi connectivity index (χ0v) is 6.44. The Labute approximate surface area is 68.8 Å². The maximum absolute atomic E-state index is 11.0. The summed E-state index contributed by atoms with van der Waals surface area (Å²) in [6.45, 7) is 0. The predicted molar refractivity (Wildman–Crippen MR) is 43.4 cm³/mol. The molecule has 5 nitrogen and oxygen atoms in total. The highest BCUT2D eigenvalue weighted by molar-refractivity contribution is 6.58. The summed E-state index contributed by atoms with van der Waals surface area (Å²) in [5, 5.41) is 17.3. The fraction of sp³-hybridized carbons (Fsp3) is 0.167. The highest BCUT2D eigenvalue weighted by atomic mass is 16.5. The molecule has 0 bridgehead atoms. The van der Waals surface area contributed by atoms with E-state index in [1.807, 2.05) is 0 Å². The van der Waals surface area contributed by atoms with Gasteiger partial charge in [-0.15, -0.1) is 0 Å². The van der Waals surface area contributed by atoms with Crippen molar-refractivity contribution in [3.63, 3.8) is 0 Å². The quantitative estimate of drug-likeness (QED) is 0.450. The van der Waals surface area contributed by atoms with Crippen molar-refractivity contribution in [2.75, 3.05) is 7.11 Å². The van der Waals surface area contributed by atoms with Crippen LogP contribution in [0.15, 0.2) is 17.1 Å². The number of H-pyrrole nitrogens is 1. The molecule has 0 aliphatic rings. The van der Waals surface area contributed by atoms with Crippen LogP contribution < -0.4 is 15.6 Å². The van der Waals surface area contributed by atoms with E-state index in [-0.39, 0.29) is 11.3 Å². The van der Waals surface area contributed by atoms with E-state index >= 15 is 0 Å². The molecule has 0 saturated heterocycles. The van der Waals surface area contributed by atoms with Crippen molar-refractivity contribution in [1.29, 1.82) is 0 Å². The molecular weight excluding hydrogens is 161 g/mol. The van der Waals surface area contributed by atoms with Gasteiger partial charge in [-0.3, -0.25) is 4.79 Å². The average molecular weight is 169 g/mol. The molecule has 0 atom stereocenters. The number of hydrogen-bond donors (Lipinski definition) is 3. The van der Waals surface area contributed by atoms with Crippen LogP contribution in [-0.2, 0) is 0 Å². The minimum Gasteiger partial charge on any atom is -0.482 e. The summed E-state index contributed by atoms with van der Waals surface area (Å²) in [5.74, 6) is 0.282. The highest BCUT2D eigenvalue weighted by Crippen LogP contribution is 1.95. The van der Waals surface area contributed by atoms with Gasteiger partial charge in [-0.25, -0.2) is 0 Å². The van der Waals surface area contributed by atoms with Crippen LogP contribution in [0.25, 0.3) is 0 Å². The van der Waals surface area contributed by atoms with Gasteiger partial charge in [-0.1, -0.05) is 0 Å². The molecule has 0 aliphatic carbocycles. The Bertz CT molecular complexity index is 322. The van der Waals surface area contributed by atoms with Crippen molar-refractivity contribution in [2.45, 2.75) is 0 Å². The summed E-state index contributed by atoms with van der Waals surface area (Å²) in [6.07, 6.45) is 1.20. The number of nitrogens with one attached hydrogen (secondary N) is 1. The third-order valence-electron chi connectivity index (χ3n) is 1.41. The van der Waals surface area contributed by atoms with E-state index in [1.165, 1.54) is 13.3 Å². The lowest BCUT2D eigenvalue weighted by Gasteiger charge is -2.00. The topological polar surface area (TPSA) is 82.6 Å². The van der Waals surface area contributed by atoms with Gasteiger partial charge in [0.05, 0.1) is 7.11 Å². The van der Waals surface area contributed by atoms with Gasteiger partial charge in [-0.2, -0.15) is 0 Å². The van der Waals surface area contributed by atoms with Crippen LogP contribution in [-0.4, -0.2) is 29.3 Å². The van der Waals surface area contributed by atoms with Gasteiger partial charge in [0.2, 0.25) is 0 Å². The number of ether oxygens (including phenoxy) is 1. The van der Waals surface area contributed by atoms with Gasteiger partial charge < -0.3 is 19.8 Å². The van der Waals surface area contributed by atoms with Gasteiger partial charge in [0.25, 0.3) is 0 Å². The van der Waals surface area contributed by atoms with Crippen LogP contribution in [0.4, 0.5) is 0 Å². The minimum absolute atomic E-state index is 0.101. The van der Waals surface area contributed by atoms with Gasteiger partial charge in [0.15, 0.2) is 11.3 Å². The lowest BCUT2D eigenvalue weighted by molar-refractivity contribution is 0.397. The molecule has 64 valence electrons. The van der Waals surface area contributed by atoms with Crippen molar-refractivity contribution in [3.8, 4) is 5.88 Å². The van der Waals surface area contributed by atoms with Gasteiger partial charge in [0.1, 0.15) is 0 Å². The maximum Gasteiger partial charge on any atom is 0.493 e. The number of rotatable bonds is 2. The average Bonchev–Trinajstić information content (AvgIpc) is 2.03. The first-order chi connectivity index (χ1) is 5.65. The van der Waals surface area contributed by atoms with Gasteiger partial charge in [-0.05, 0) is 0 Å². The lowest BCUT2D eigenvalue weighted by atomic mass is 9.81. The number of pyridine rings is 1. The summed E-state index contributed by atoms with van der Waals surface area (Å²) >= 11 is 0. The minimum atomic E-state index is -1.75. The van der Waals surface area contributed by atoms with E-state index in [4.69, 9.17) is 14.8 Å². The molecule has 0 fully saturated rings. The van der Waals surface area contributed by atoms with E-state index < -0.39 is 12.5 Å². The molecule has 0 saturated carbocycles. The Morgan fingerprint density at radius 2 is 2.25 bits per heavy atom. The van der Waals surface area contributed by atoms with Crippen LogP contribution in [0.1, 0.15) is 0 Å². The first-order valence-electron chi connectivity index (χ1n) is 3.28. The molecule has 12 heavy (non-hydrogen) atoms. The zero-order valence-electron chi connectivity index (χ0n) is 6.44. The van der Waals surface area contributed by atoms with Crippen molar-refractivity contribution >= 4 is 12.6 Å². The molecule has 0 radical (unpaired) electrons. The summed E-state index contributed by atoms with van der Waals surface area (Å²) in [6, 6.07) is 1.15. The molecule has 0 unspecified atom stereocenters. The van der Waals surface area contributed by atoms with E-state index in [0.717, 1.165) is 6.07 Å². The van der Waals surface area contributed by atoms with Crippen LogP contribution in [0.5, 0.6) is 5.88 Å². The molecular formula is C6H8BNO4. The maximum atomic E-state index is 11.0. The second kappa shape index (κ2) is 3.42.